The minimum atomic E-state index is -0.789. The molecule has 0 bridgehead atoms. The first kappa shape index (κ1) is 11.7. The minimum absolute atomic E-state index is 0.135. The van der Waals surface area contributed by atoms with Crippen LogP contribution in [0, 0.1) is 5.92 Å². The maximum absolute atomic E-state index is 11.0. The summed E-state index contributed by atoms with van der Waals surface area (Å²) in [6.45, 7) is 0. The van der Waals surface area contributed by atoms with Crippen molar-refractivity contribution in [3.63, 3.8) is 0 Å². The molecule has 1 unspecified atom stereocenters. The predicted octanol–water partition coefficient (Wildman–Crippen LogP) is 1.16. The third-order valence-corrected chi connectivity index (χ3v) is 3.47. The molecule has 0 aliphatic heterocycles. The molecule has 6 heteroatoms. The van der Waals surface area contributed by atoms with Crippen LogP contribution in [0.2, 0.25) is 0 Å². The Balaban J connectivity index is 2.00. The average Bonchev–Trinajstić information content (AvgIpc) is 2.82. The number of rotatable bonds is 2. The van der Waals surface area contributed by atoms with E-state index in [2.05, 4.69) is 10.3 Å². The molecule has 0 radical (unpaired) electrons. The first-order chi connectivity index (χ1) is 9.16. The second kappa shape index (κ2) is 4.38. The summed E-state index contributed by atoms with van der Waals surface area (Å²) in [7, 11) is 0. The highest BCUT2D eigenvalue weighted by Crippen LogP contribution is 2.28. The highest BCUT2D eigenvalue weighted by atomic mass is 16.4. The van der Waals surface area contributed by atoms with Crippen LogP contribution in [0.25, 0.3) is 5.69 Å². The molecule has 19 heavy (non-hydrogen) atoms. The van der Waals surface area contributed by atoms with E-state index in [9.17, 15) is 9.90 Å². The Morgan fingerprint density at radius 1 is 1.37 bits per heavy atom. The predicted molar refractivity (Wildman–Crippen MR) is 66.2 cm³/mol. The van der Waals surface area contributed by atoms with Gasteiger partial charge in [0.05, 0.1) is 17.3 Å². The Kier molecular flexibility index (Phi) is 2.70. The van der Waals surface area contributed by atoms with Crippen molar-refractivity contribution >= 4 is 5.97 Å². The van der Waals surface area contributed by atoms with E-state index in [1.807, 2.05) is 6.07 Å². The number of aromatic hydroxyl groups is 1. The van der Waals surface area contributed by atoms with E-state index < -0.39 is 5.97 Å². The quantitative estimate of drug-likeness (QED) is 0.845. The average molecular weight is 259 g/mol. The number of hydrogen-bond acceptors (Lipinski definition) is 4. The molecule has 2 aromatic rings. The number of nitrogens with zero attached hydrogens (tertiary/aromatic N) is 3. The topological polar surface area (TPSA) is 88.2 Å². The molecular weight excluding hydrogens is 246 g/mol. The Bertz CT molecular complexity index is 636. The summed E-state index contributed by atoms with van der Waals surface area (Å²) in [5, 5.41) is 27.0. The molecule has 0 spiro atoms. The van der Waals surface area contributed by atoms with Crippen LogP contribution in [0.4, 0.5) is 0 Å². The van der Waals surface area contributed by atoms with Gasteiger partial charge in [0, 0.05) is 6.42 Å². The molecule has 6 nitrogen and oxygen atoms in total. The zero-order valence-electron chi connectivity index (χ0n) is 10.2. The van der Waals surface area contributed by atoms with Gasteiger partial charge in [0.25, 0.3) is 0 Å². The van der Waals surface area contributed by atoms with Crippen LogP contribution in [0.3, 0.4) is 0 Å². The van der Waals surface area contributed by atoms with Crippen LogP contribution in [0.5, 0.6) is 5.75 Å². The largest absolute Gasteiger partial charge is 0.506 e. The number of carboxylic acid groups (broad SMARTS) is 1. The van der Waals surface area contributed by atoms with E-state index in [4.69, 9.17) is 5.11 Å². The van der Waals surface area contributed by atoms with Gasteiger partial charge in [-0.1, -0.05) is 17.3 Å². The molecule has 1 atom stereocenters. The smallest absolute Gasteiger partial charge is 0.306 e. The van der Waals surface area contributed by atoms with Crippen LogP contribution >= 0.6 is 0 Å². The molecule has 1 heterocycles. The van der Waals surface area contributed by atoms with Crippen molar-refractivity contribution in [2.45, 2.75) is 19.3 Å². The summed E-state index contributed by atoms with van der Waals surface area (Å²) < 4.78 is 1.60. The van der Waals surface area contributed by atoms with Crippen molar-refractivity contribution < 1.29 is 15.0 Å². The lowest BCUT2D eigenvalue weighted by Gasteiger charge is -2.18. The van der Waals surface area contributed by atoms with Crippen LogP contribution in [-0.2, 0) is 17.6 Å². The SMILES string of the molecule is O=C(O)C1CCc2c(nnn2-c2ccccc2O)C1. The van der Waals surface area contributed by atoms with Crippen LogP contribution in [0.15, 0.2) is 24.3 Å². The number of benzene rings is 1. The molecule has 1 aromatic carbocycles. The fraction of sp³-hybridized carbons (Fsp3) is 0.308. The first-order valence-corrected chi connectivity index (χ1v) is 6.11. The normalized spacial score (nSPS) is 18.0. The van der Waals surface area contributed by atoms with Crippen molar-refractivity contribution in [1.82, 2.24) is 15.0 Å². The number of hydrogen-bond donors (Lipinski definition) is 2. The van der Waals surface area contributed by atoms with Crippen molar-refractivity contribution in [2.24, 2.45) is 5.92 Å². The van der Waals surface area contributed by atoms with Crippen molar-refractivity contribution in [3.8, 4) is 11.4 Å². The van der Waals surface area contributed by atoms with Crippen LogP contribution in [0.1, 0.15) is 17.8 Å². The number of aromatic nitrogens is 3. The molecule has 2 N–H and O–H groups in total. The standard InChI is InChI=1S/C13H13N3O3/c17-12-4-2-1-3-11(12)16-10-6-5-8(13(18)19)7-9(10)14-15-16/h1-4,8,17H,5-7H2,(H,18,19). The summed E-state index contributed by atoms with van der Waals surface area (Å²) in [6.07, 6.45) is 1.58. The molecule has 98 valence electrons. The van der Waals surface area contributed by atoms with Crippen molar-refractivity contribution in [3.05, 3.63) is 35.7 Å². The lowest BCUT2D eigenvalue weighted by molar-refractivity contribution is -0.142. The van der Waals surface area contributed by atoms with Gasteiger partial charge in [0.15, 0.2) is 0 Å². The monoisotopic (exact) mass is 259 g/mol. The van der Waals surface area contributed by atoms with E-state index in [1.165, 1.54) is 0 Å². The number of aliphatic carboxylic acids is 1. The number of phenolic OH excluding ortho intramolecular Hbond substituents is 1. The van der Waals surface area contributed by atoms with Crippen molar-refractivity contribution in [2.75, 3.05) is 0 Å². The summed E-state index contributed by atoms with van der Waals surface area (Å²) in [5.41, 5.74) is 2.17. The second-order valence-electron chi connectivity index (χ2n) is 4.66. The van der Waals surface area contributed by atoms with Crippen LogP contribution in [-0.4, -0.2) is 31.2 Å². The Hall–Kier alpha value is -2.37. The first-order valence-electron chi connectivity index (χ1n) is 6.11. The van der Waals surface area contributed by atoms with Gasteiger partial charge in [-0.25, -0.2) is 4.68 Å². The summed E-state index contributed by atoms with van der Waals surface area (Å²) in [6, 6.07) is 6.90. The highest BCUT2D eigenvalue weighted by Gasteiger charge is 2.29. The van der Waals surface area contributed by atoms with Gasteiger partial charge in [0.1, 0.15) is 11.4 Å². The van der Waals surface area contributed by atoms with Gasteiger partial charge in [-0.3, -0.25) is 4.79 Å². The van der Waals surface area contributed by atoms with Crippen LogP contribution < -0.4 is 0 Å². The van der Waals surface area contributed by atoms with E-state index in [0.717, 1.165) is 5.69 Å². The summed E-state index contributed by atoms with van der Waals surface area (Å²) in [5.74, 6) is -1.04. The van der Waals surface area contributed by atoms with Gasteiger partial charge in [-0.2, -0.15) is 0 Å². The lowest BCUT2D eigenvalue weighted by atomic mass is 9.90. The Morgan fingerprint density at radius 2 is 2.16 bits per heavy atom. The van der Waals surface area contributed by atoms with Gasteiger partial charge in [-0.15, -0.1) is 5.10 Å². The number of fused-ring (bicyclic) bond motifs is 1. The van der Waals surface area contributed by atoms with E-state index in [-0.39, 0.29) is 11.7 Å². The molecule has 0 saturated carbocycles. The molecule has 1 aliphatic carbocycles. The fourth-order valence-corrected chi connectivity index (χ4v) is 2.44. The summed E-state index contributed by atoms with van der Waals surface area (Å²) >= 11 is 0. The minimum Gasteiger partial charge on any atom is -0.506 e. The van der Waals surface area contributed by atoms with Gasteiger partial charge in [0.2, 0.25) is 0 Å². The maximum Gasteiger partial charge on any atom is 0.306 e. The second-order valence-corrected chi connectivity index (χ2v) is 4.66. The molecule has 0 fully saturated rings. The molecule has 1 aliphatic rings. The van der Waals surface area contributed by atoms with E-state index in [1.54, 1.807) is 22.9 Å². The third-order valence-electron chi connectivity index (χ3n) is 3.47. The zero-order valence-corrected chi connectivity index (χ0v) is 10.2. The van der Waals surface area contributed by atoms with Gasteiger partial charge >= 0.3 is 5.97 Å². The maximum atomic E-state index is 11.0. The Morgan fingerprint density at radius 3 is 2.89 bits per heavy atom. The van der Waals surface area contributed by atoms with Gasteiger partial charge in [-0.05, 0) is 25.0 Å². The molecular formula is C13H13N3O3. The molecule has 0 amide bonds. The number of para-hydroxylation sites is 2. The third kappa shape index (κ3) is 1.95. The van der Waals surface area contributed by atoms with Crippen molar-refractivity contribution in [1.29, 1.82) is 0 Å². The van der Waals surface area contributed by atoms with E-state index >= 15 is 0 Å². The van der Waals surface area contributed by atoms with Gasteiger partial charge < -0.3 is 10.2 Å². The number of carbonyl (C=O) groups is 1. The summed E-state index contributed by atoms with van der Waals surface area (Å²) in [4.78, 5) is 11.0. The molecule has 1 aromatic heterocycles. The lowest BCUT2D eigenvalue weighted by Crippen LogP contribution is -2.23. The molecule has 0 saturated heterocycles. The van der Waals surface area contributed by atoms with E-state index in [0.29, 0.717) is 30.6 Å². The fourth-order valence-electron chi connectivity index (χ4n) is 2.44. The number of phenols is 1. The highest BCUT2D eigenvalue weighted by molar-refractivity contribution is 5.70. The zero-order chi connectivity index (χ0) is 13.4. The Labute approximate surface area is 109 Å². The number of carboxylic acids is 1. The molecule has 3 rings (SSSR count).